The molecule has 25 heavy (non-hydrogen) atoms. The third-order valence-corrected chi connectivity index (χ3v) is 5.78. The van der Waals surface area contributed by atoms with Crippen molar-refractivity contribution in [2.45, 2.75) is 24.2 Å². The summed E-state index contributed by atoms with van der Waals surface area (Å²) in [6.45, 7) is 1.50. The van der Waals surface area contributed by atoms with Gasteiger partial charge in [0.05, 0.1) is 4.90 Å². The maximum Gasteiger partial charge on any atom is 0.261 e. The number of likely N-dealkylation sites (tertiary alicyclic amines) is 1. The second-order valence-corrected chi connectivity index (χ2v) is 8.11. The van der Waals surface area contributed by atoms with Gasteiger partial charge in [-0.3, -0.25) is 9.52 Å². The molecule has 0 unspecified atom stereocenters. The summed E-state index contributed by atoms with van der Waals surface area (Å²) < 4.78 is 27.4. The molecule has 0 saturated carbocycles. The summed E-state index contributed by atoms with van der Waals surface area (Å²) >= 11 is 5.79. The van der Waals surface area contributed by atoms with Crippen molar-refractivity contribution < 1.29 is 13.2 Å². The highest BCUT2D eigenvalue weighted by Crippen LogP contribution is 2.20. The van der Waals surface area contributed by atoms with E-state index in [0.717, 1.165) is 32.4 Å². The Labute approximate surface area is 152 Å². The number of benzene rings is 2. The molecule has 1 aliphatic rings. The van der Waals surface area contributed by atoms with Gasteiger partial charge in [0.1, 0.15) is 0 Å². The van der Waals surface area contributed by atoms with Crippen molar-refractivity contribution in [2.75, 3.05) is 17.8 Å². The Hall–Kier alpha value is -2.05. The third-order valence-electron chi connectivity index (χ3n) is 4.13. The molecule has 0 aromatic heterocycles. The average molecular weight is 379 g/mol. The van der Waals surface area contributed by atoms with Gasteiger partial charge in [0.15, 0.2) is 0 Å². The third kappa shape index (κ3) is 4.32. The smallest absolute Gasteiger partial charge is 0.261 e. The molecule has 5 nitrogen and oxygen atoms in total. The van der Waals surface area contributed by atoms with Gasteiger partial charge >= 0.3 is 0 Å². The zero-order valence-electron chi connectivity index (χ0n) is 13.6. The number of nitrogens with one attached hydrogen (secondary N) is 1. The molecule has 132 valence electrons. The van der Waals surface area contributed by atoms with Crippen LogP contribution in [-0.4, -0.2) is 32.3 Å². The topological polar surface area (TPSA) is 66.5 Å². The fourth-order valence-corrected chi connectivity index (χ4v) is 4.00. The first-order chi connectivity index (χ1) is 12.0. The number of sulfonamides is 1. The molecular weight excluding hydrogens is 360 g/mol. The van der Waals surface area contributed by atoms with Crippen molar-refractivity contribution >= 4 is 33.2 Å². The number of rotatable bonds is 4. The monoisotopic (exact) mass is 378 g/mol. The standard InChI is InChI=1S/C18H19ClN2O3S/c19-15-7-9-17(10-8-15)25(23,24)20-16-6-4-5-14(13-16)18(22)21-11-2-1-3-12-21/h4-10,13,20H,1-3,11-12H2. The van der Waals surface area contributed by atoms with Gasteiger partial charge in [0.25, 0.3) is 15.9 Å². The van der Waals surface area contributed by atoms with E-state index in [2.05, 4.69) is 4.72 Å². The first kappa shape index (κ1) is 17.8. The predicted molar refractivity (Wildman–Crippen MR) is 98.5 cm³/mol. The van der Waals surface area contributed by atoms with Gasteiger partial charge in [0.2, 0.25) is 0 Å². The van der Waals surface area contributed by atoms with Gasteiger partial charge in [0, 0.05) is 29.4 Å². The zero-order valence-corrected chi connectivity index (χ0v) is 15.2. The minimum Gasteiger partial charge on any atom is -0.339 e. The van der Waals surface area contributed by atoms with E-state index in [1.165, 1.54) is 24.3 Å². The van der Waals surface area contributed by atoms with E-state index in [0.29, 0.717) is 16.3 Å². The number of carbonyl (C=O) groups is 1. The van der Waals surface area contributed by atoms with Crippen LogP contribution >= 0.6 is 11.6 Å². The van der Waals surface area contributed by atoms with Gasteiger partial charge in [-0.15, -0.1) is 0 Å². The Morgan fingerprint density at radius 2 is 1.68 bits per heavy atom. The number of hydrogen-bond acceptors (Lipinski definition) is 3. The molecule has 0 spiro atoms. The molecule has 0 radical (unpaired) electrons. The van der Waals surface area contributed by atoms with E-state index in [9.17, 15) is 13.2 Å². The predicted octanol–water partition coefficient (Wildman–Crippen LogP) is 3.77. The average Bonchev–Trinajstić information content (AvgIpc) is 2.62. The molecule has 1 N–H and O–H groups in total. The molecule has 2 aromatic carbocycles. The quantitative estimate of drug-likeness (QED) is 0.880. The van der Waals surface area contributed by atoms with Crippen LogP contribution in [0.15, 0.2) is 53.4 Å². The van der Waals surface area contributed by atoms with E-state index in [-0.39, 0.29) is 10.8 Å². The fourth-order valence-electron chi connectivity index (χ4n) is 2.82. The van der Waals surface area contributed by atoms with Gasteiger partial charge in [-0.25, -0.2) is 8.42 Å². The lowest BCUT2D eigenvalue weighted by Gasteiger charge is -2.26. The minimum absolute atomic E-state index is 0.0627. The Morgan fingerprint density at radius 3 is 2.36 bits per heavy atom. The summed E-state index contributed by atoms with van der Waals surface area (Å²) in [5.74, 6) is -0.0627. The summed E-state index contributed by atoms with van der Waals surface area (Å²) in [4.78, 5) is 14.5. The number of halogens is 1. The molecule has 1 amide bonds. The van der Waals surface area contributed by atoms with Crippen LogP contribution in [0.3, 0.4) is 0 Å². The molecule has 1 heterocycles. The Kier molecular flexibility index (Phi) is 5.30. The van der Waals surface area contributed by atoms with Crippen LogP contribution in [0.4, 0.5) is 5.69 Å². The molecule has 0 bridgehead atoms. The van der Waals surface area contributed by atoms with Gasteiger partial charge in [-0.05, 0) is 61.7 Å². The van der Waals surface area contributed by atoms with E-state index in [1.54, 1.807) is 24.3 Å². The number of anilines is 1. The van der Waals surface area contributed by atoms with Gasteiger partial charge < -0.3 is 4.90 Å². The Morgan fingerprint density at radius 1 is 1.00 bits per heavy atom. The molecule has 1 fully saturated rings. The highest BCUT2D eigenvalue weighted by atomic mass is 35.5. The maximum atomic E-state index is 12.6. The van der Waals surface area contributed by atoms with Crippen LogP contribution in [0.1, 0.15) is 29.6 Å². The number of carbonyl (C=O) groups excluding carboxylic acids is 1. The lowest BCUT2D eigenvalue weighted by Crippen LogP contribution is -2.35. The van der Waals surface area contributed by atoms with Crippen LogP contribution in [-0.2, 0) is 10.0 Å². The number of nitrogens with zero attached hydrogens (tertiary/aromatic N) is 1. The van der Waals surface area contributed by atoms with E-state index < -0.39 is 10.0 Å². The number of hydrogen-bond donors (Lipinski definition) is 1. The Bertz CT molecular complexity index is 860. The van der Waals surface area contributed by atoms with Crippen molar-refractivity contribution in [3.8, 4) is 0 Å². The second kappa shape index (κ2) is 7.45. The van der Waals surface area contributed by atoms with Crippen molar-refractivity contribution in [1.82, 2.24) is 4.90 Å². The van der Waals surface area contributed by atoms with Crippen LogP contribution in [0, 0.1) is 0 Å². The molecule has 7 heteroatoms. The largest absolute Gasteiger partial charge is 0.339 e. The highest BCUT2D eigenvalue weighted by Gasteiger charge is 2.19. The SMILES string of the molecule is O=C(c1cccc(NS(=O)(=O)c2ccc(Cl)cc2)c1)N1CCCCC1. The van der Waals surface area contributed by atoms with Crippen LogP contribution in [0.25, 0.3) is 0 Å². The van der Waals surface area contributed by atoms with Crippen LogP contribution in [0.5, 0.6) is 0 Å². The van der Waals surface area contributed by atoms with Crippen molar-refractivity contribution in [3.63, 3.8) is 0 Å². The van der Waals surface area contributed by atoms with Crippen molar-refractivity contribution in [3.05, 3.63) is 59.1 Å². The molecule has 3 rings (SSSR count). The fraction of sp³-hybridized carbons (Fsp3) is 0.278. The normalized spacial score (nSPS) is 15.0. The second-order valence-electron chi connectivity index (χ2n) is 5.99. The minimum atomic E-state index is -3.73. The molecule has 1 saturated heterocycles. The molecular formula is C18H19ClN2O3S. The number of amides is 1. The molecule has 0 atom stereocenters. The number of piperidine rings is 1. The van der Waals surface area contributed by atoms with Crippen molar-refractivity contribution in [2.24, 2.45) is 0 Å². The summed E-state index contributed by atoms with van der Waals surface area (Å²) in [6, 6.07) is 12.5. The van der Waals surface area contributed by atoms with Gasteiger partial charge in [-0.2, -0.15) is 0 Å². The van der Waals surface area contributed by atoms with Crippen LogP contribution < -0.4 is 4.72 Å². The lowest BCUT2D eigenvalue weighted by molar-refractivity contribution is 0.0724. The van der Waals surface area contributed by atoms with E-state index in [4.69, 9.17) is 11.6 Å². The van der Waals surface area contributed by atoms with E-state index >= 15 is 0 Å². The maximum absolute atomic E-state index is 12.6. The summed E-state index contributed by atoms with van der Waals surface area (Å²) in [5, 5.41) is 0.466. The first-order valence-electron chi connectivity index (χ1n) is 8.13. The lowest BCUT2D eigenvalue weighted by atomic mass is 10.1. The summed E-state index contributed by atoms with van der Waals surface area (Å²) in [5.41, 5.74) is 0.844. The van der Waals surface area contributed by atoms with E-state index in [1.807, 2.05) is 4.90 Å². The van der Waals surface area contributed by atoms with Gasteiger partial charge in [-0.1, -0.05) is 17.7 Å². The first-order valence-corrected chi connectivity index (χ1v) is 9.99. The summed E-state index contributed by atoms with van der Waals surface area (Å²) in [7, 11) is -3.73. The summed E-state index contributed by atoms with van der Waals surface area (Å²) in [6.07, 6.45) is 3.16. The Balaban J connectivity index is 1.79. The molecule has 2 aromatic rings. The zero-order chi connectivity index (χ0) is 17.9. The molecule has 1 aliphatic heterocycles. The van der Waals surface area contributed by atoms with Crippen molar-refractivity contribution in [1.29, 1.82) is 0 Å². The van der Waals surface area contributed by atoms with Crippen LogP contribution in [0.2, 0.25) is 5.02 Å². The molecule has 0 aliphatic carbocycles. The highest BCUT2D eigenvalue weighted by molar-refractivity contribution is 7.92.